The summed E-state index contributed by atoms with van der Waals surface area (Å²) in [6.07, 6.45) is 0. The van der Waals surface area contributed by atoms with E-state index in [4.69, 9.17) is 28.9 Å². The van der Waals surface area contributed by atoms with Gasteiger partial charge in [-0.3, -0.25) is 0 Å². The molecule has 1 aromatic carbocycles. The summed E-state index contributed by atoms with van der Waals surface area (Å²) in [4.78, 5) is 11.1. The molecule has 1 atom stereocenters. The Morgan fingerprint density at radius 3 is 2.61 bits per heavy atom. The lowest BCUT2D eigenvalue weighted by Gasteiger charge is -2.22. The zero-order chi connectivity index (χ0) is 13.9. The molecule has 0 unspecified atom stereocenters. The molecule has 18 heavy (non-hydrogen) atoms. The number of benzene rings is 1. The highest BCUT2D eigenvalue weighted by atomic mass is 35.5. The standard InChI is InChI=1S/C11H11Cl2F2NO2/c1-2-18-10(17)11(14,15)9(16)7-4-3-6(12)5-8(7)13/h3-5,9H,2,16H2,1H3/t9-/m0/s1. The first-order valence-corrected chi connectivity index (χ1v) is 5.81. The largest absolute Gasteiger partial charge is 0.462 e. The highest BCUT2D eigenvalue weighted by Crippen LogP contribution is 2.35. The first-order chi connectivity index (χ1) is 8.30. The molecule has 0 fully saturated rings. The number of halogens is 4. The highest BCUT2D eigenvalue weighted by molar-refractivity contribution is 6.35. The van der Waals surface area contributed by atoms with Crippen molar-refractivity contribution in [3.05, 3.63) is 33.8 Å². The van der Waals surface area contributed by atoms with Crippen molar-refractivity contribution in [3.63, 3.8) is 0 Å². The van der Waals surface area contributed by atoms with Gasteiger partial charge in [0.2, 0.25) is 0 Å². The molecule has 1 aromatic rings. The predicted molar refractivity (Wildman–Crippen MR) is 65.0 cm³/mol. The summed E-state index contributed by atoms with van der Waals surface area (Å²) in [7, 11) is 0. The Morgan fingerprint density at radius 2 is 2.11 bits per heavy atom. The molecule has 0 spiro atoms. The van der Waals surface area contributed by atoms with Crippen LogP contribution in [0, 0.1) is 0 Å². The third-order valence-corrected chi connectivity index (χ3v) is 2.80. The fraction of sp³-hybridized carbons (Fsp3) is 0.364. The van der Waals surface area contributed by atoms with Gasteiger partial charge >= 0.3 is 11.9 Å². The molecule has 0 aromatic heterocycles. The third kappa shape index (κ3) is 3.10. The molecule has 2 N–H and O–H groups in total. The first kappa shape index (κ1) is 15.1. The molecule has 0 aliphatic heterocycles. The van der Waals surface area contributed by atoms with Crippen LogP contribution >= 0.6 is 23.2 Å². The summed E-state index contributed by atoms with van der Waals surface area (Å²) in [5.41, 5.74) is 5.31. The van der Waals surface area contributed by atoms with E-state index in [9.17, 15) is 13.6 Å². The first-order valence-electron chi connectivity index (χ1n) is 5.06. The average Bonchev–Trinajstić information content (AvgIpc) is 2.28. The van der Waals surface area contributed by atoms with Crippen molar-refractivity contribution in [2.45, 2.75) is 18.9 Å². The van der Waals surface area contributed by atoms with Crippen LogP contribution < -0.4 is 5.73 Å². The van der Waals surface area contributed by atoms with Crippen LogP contribution in [0.5, 0.6) is 0 Å². The molecule has 0 saturated carbocycles. The van der Waals surface area contributed by atoms with Crippen molar-refractivity contribution in [1.29, 1.82) is 0 Å². The van der Waals surface area contributed by atoms with Crippen molar-refractivity contribution >= 4 is 29.2 Å². The van der Waals surface area contributed by atoms with E-state index >= 15 is 0 Å². The van der Waals surface area contributed by atoms with Gasteiger partial charge in [0.1, 0.15) is 6.04 Å². The fourth-order valence-electron chi connectivity index (χ4n) is 1.30. The summed E-state index contributed by atoms with van der Waals surface area (Å²) >= 11 is 11.4. The maximum atomic E-state index is 13.7. The van der Waals surface area contributed by atoms with E-state index in [-0.39, 0.29) is 22.2 Å². The van der Waals surface area contributed by atoms with E-state index in [1.807, 2.05) is 0 Å². The van der Waals surface area contributed by atoms with Gasteiger partial charge in [-0.2, -0.15) is 8.78 Å². The van der Waals surface area contributed by atoms with Crippen LogP contribution in [-0.4, -0.2) is 18.5 Å². The molecular weight excluding hydrogens is 287 g/mol. The summed E-state index contributed by atoms with van der Waals surface area (Å²) in [6, 6.07) is 2.01. The highest BCUT2D eigenvalue weighted by Gasteiger charge is 2.48. The quantitative estimate of drug-likeness (QED) is 0.868. The molecule has 0 saturated heterocycles. The fourth-order valence-corrected chi connectivity index (χ4v) is 1.83. The van der Waals surface area contributed by atoms with E-state index in [1.54, 1.807) is 0 Å². The summed E-state index contributed by atoms with van der Waals surface area (Å²) in [5, 5.41) is 0.259. The number of carbonyl (C=O) groups excluding carboxylic acids is 1. The van der Waals surface area contributed by atoms with Crippen LogP contribution in [-0.2, 0) is 9.53 Å². The average molecular weight is 298 g/mol. The van der Waals surface area contributed by atoms with E-state index in [1.165, 1.54) is 25.1 Å². The number of rotatable bonds is 4. The number of ether oxygens (including phenoxy) is 1. The van der Waals surface area contributed by atoms with Gasteiger partial charge in [0.15, 0.2) is 0 Å². The Morgan fingerprint density at radius 1 is 1.50 bits per heavy atom. The van der Waals surface area contributed by atoms with Crippen molar-refractivity contribution in [2.75, 3.05) is 6.61 Å². The van der Waals surface area contributed by atoms with E-state index in [0.717, 1.165) is 0 Å². The smallest absolute Gasteiger partial charge is 0.379 e. The lowest BCUT2D eigenvalue weighted by molar-refractivity contribution is -0.174. The zero-order valence-electron chi connectivity index (χ0n) is 9.42. The monoisotopic (exact) mass is 297 g/mol. The van der Waals surface area contributed by atoms with Gasteiger partial charge in [-0.05, 0) is 24.6 Å². The molecule has 1 rings (SSSR count). The van der Waals surface area contributed by atoms with Crippen molar-refractivity contribution in [1.82, 2.24) is 0 Å². The molecule has 0 aliphatic carbocycles. The Bertz CT molecular complexity index is 455. The van der Waals surface area contributed by atoms with E-state index in [0.29, 0.717) is 0 Å². The van der Waals surface area contributed by atoms with Crippen molar-refractivity contribution in [2.24, 2.45) is 5.73 Å². The van der Waals surface area contributed by atoms with Crippen LogP contribution in [0.15, 0.2) is 18.2 Å². The number of hydrogen-bond acceptors (Lipinski definition) is 3. The molecule has 0 aliphatic rings. The van der Waals surface area contributed by atoms with Crippen LogP contribution in [0.2, 0.25) is 10.0 Å². The molecule has 3 nitrogen and oxygen atoms in total. The normalized spacial score (nSPS) is 13.2. The van der Waals surface area contributed by atoms with Crippen LogP contribution in [0.3, 0.4) is 0 Å². The SMILES string of the molecule is CCOC(=O)C(F)(F)[C@@H](N)c1ccc(Cl)cc1Cl. The van der Waals surface area contributed by atoms with Crippen LogP contribution in [0.4, 0.5) is 8.78 Å². The van der Waals surface area contributed by atoms with E-state index in [2.05, 4.69) is 4.74 Å². The zero-order valence-corrected chi connectivity index (χ0v) is 10.9. The van der Waals surface area contributed by atoms with Gasteiger partial charge in [-0.15, -0.1) is 0 Å². The number of carbonyl (C=O) groups is 1. The van der Waals surface area contributed by atoms with Crippen molar-refractivity contribution < 1.29 is 18.3 Å². The summed E-state index contributed by atoms with van der Waals surface area (Å²) < 4.78 is 31.6. The van der Waals surface area contributed by atoms with Crippen LogP contribution in [0.1, 0.15) is 18.5 Å². The Kier molecular flexibility index (Phi) is 4.90. The third-order valence-electron chi connectivity index (χ3n) is 2.24. The van der Waals surface area contributed by atoms with Crippen molar-refractivity contribution in [3.8, 4) is 0 Å². The van der Waals surface area contributed by atoms with Gasteiger partial charge < -0.3 is 10.5 Å². The number of hydrogen-bond donors (Lipinski definition) is 1. The molecule has 0 radical (unpaired) electrons. The van der Waals surface area contributed by atoms with E-state index < -0.39 is 17.9 Å². The summed E-state index contributed by atoms with van der Waals surface area (Å²) in [5.74, 6) is -5.53. The lowest BCUT2D eigenvalue weighted by atomic mass is 10.0. The minimum atomic E-state index is -3.85. The van der Waals surface area contributed by atoms with Gasteiger partial charge in [-0.1, -0.05) is 29.3 Å². The second-order valence-electron chi connectivity index (χ2n) is 3.49. The van der Waals surface area contributed by atoms with Gasteiger partial charge in [0.05, 0.1) is 6.61 Å². The lowest BCUT2D eigenvalue weighted by Crippen LogP contribution is -2.41. The maximum Gasteiger partial charge on any atom is 0.379 e. The number of esters is 1. The molecule has 0 bridgehead atoms. The number of alkyl halides is 2. The van der Waals surface area contributed by atoms with Gasteiger partial charge in [0, 0.05) is 10.0 Å². The number of nitrogens with two attached hydrogens (primary N) is 1. The van der Waals surface area contributed by atoms with Crippen LogP contribution in [0.25, 0.3) is 0 Å². The maximum absolute atomic E-state index is 13.7. The minimum absolute atomic E-state index is 0.0287. The van der Waals surface area contributed by atoms with Gasteiger partial charge in [0.25, 0.3) is 0 Å². The topological polar surface area (TPSA) is 52.3 Å². The molecular formula is C11H11Cl2F2NO2. The Labute approximate surface area is 113 Å². The predicted octanol–water partition coefficient (Wildman–Crippen LogP) is 3.19. The second kappa shape index (κ2) is 5.82. The van der Waals surface area contributed by atoms with Gasteiger partial charge in [-0.25, -0.2) is 4.79 Å². The molecule has 0 heterocycles. The summed E-state index contributed by atoms with van der Waals surface area (Å²) in [6.45, 7) is 1.27. The molecule has 7 heteroatoms. The molecule has 0 amide bonds. The Hall–Kier alpha value is -0.910. The minimum Gasteiger partial charge on any atom is -0.462 e. The molecule has 100 valence electrons. The Balaban J connectivity index is 3.05. The second-order valence-corrected chi connectivity index (χ2v) is 4.33.